The zero-order valence-corrected chi connectivity index (χ0v) is 13.9. The molecule has 0 radical (unpaired) electrons. The van der Waals surface area contributed by atoms with E-state index >= 15 is 0 Å². The summed E-state index contributed by atoms with van der Waals surface area (Å²) in [7, 11) is -0.424. The Balaban J connectivity index is 3.48. The fourth-order valence-electron chi connectivity index (χ4n) is 1.81. The molecule has 0 bridgehead atoms. The summed E-state index contributed by atoms with van der Waals surface area (Å²) in [4.78, 5) is 0. The summed E-state index contributed by atoms with van der Waals surface area (Å²) >= 11 is 0. The minimum atomic E-state index is -0.424. The zero-order chi connectivity index (χ0) is 13.5. The molecule has 0 atom stereocenters. The van der Waals surface area contributed by atoms with Crippen molar-refractivity contribution in [1.29, 1.82) is 0 Å². The van der Waals surface area contributed by atoms with Crippen LogP contribution in [0.2, 0.25) is 0 Å². The van der Waals surface area contributed by atoms with Gasteiger partial charge in [0.15, 0.2) is 0 Å². The maximum atomic E-state index is 5.80. The van der Waals surface area contributed by atoms with Crippen LogP contribution in [0.4, 0.5) is 0 Å². The predicted octanol–water partition coefficient (Wildman–Crippen LogP) is 3.78. The van der Waals surface area contributed by atoms with Gasteiger partial charge in [-0.3, -0.25) is 0 Å². The van der Waals surface area contributed by atoms with E-state index in [0.29, 0.717) is 0 Å². The van der Waals surface area contributed by atoms with E-state index in [2.05, 4.69) is 20.4 Å². The quantitative estimate of drug-likeness (QED) is 0.272. The maximum Gasteiger partial charge on any atom is 0.139 e. The topological polar surface area (TPSA) is 18.5 Å². The minimum Gasteiger partial charge on any atom is -0.357 e. The molecule has 3 heteroatoms. The molecule has 108 valence electrons. The lowest BCUT2D eigenvalue weighted by Gasteiger charge is -2.17. The monoisotopic (exact) mass is 272 g/mol. The van der Waals surface area contributed by atoms with Crippen LogP contribution < -0.4 is 0 Å². The molecule has 0 saturated heterocycles. The van der Waals surface area contributed by atoms with Gasteiger partial charge in [-0.05, 0) is 12.8 Å². The second-order valence-corrected chi connectivity index (χ2v) is 6.53. The molecule has 0 spiro atoms. The maximum absolute atomic E-state index is 5.80. The van der Waals surface area contributed by atoms with E-state index in [1.165, 1.54) is 38.5 Å². The van der Waals surface area contributed by atoms with E-state index in [1.807, 2.05) is 5.70 Å². The summed E-state index contributed by atoms with van der Waals surface area (Å²) in [5, 5.41) is 0. The summed E-state index contributed by atoms with van der Waals surface area (Å²) in [6.07, 6.45) is 10.0. The SMILES string of the molecule is C=C[SiH2]C(OCCCCCC)OCCCCCC. The van der Waals surface area contributed by atoms with Crippen LogP contribution in [0.1, 0.15) is 65.2 Å². The van der Waals surface area contributed by atoms with Gasteiger partial charge in [0.2, 0.25) is 0 Å². The largest absolute Gasteiger partial charge is 0.357 e. The van der Waals surface area contributed by atoms with Crippen LogP contribution in [0.25, 0.3) is 0 Å². The van der Waals surface area contributed by atoms with Crippen molar-refractivity contribution in [2.24, 2.45) is 0 Å². The van der Waals surface area contributed by atoms with Crippen LogP contribution in [0.3, 0.4) is 0 Å². The number of unbranched alkanes of at least 4 members (excludes halogenated alkanes) is 6. The van der Waals surface area contributed by atoms with E-state index in [0.717, 1.165) is 26.1 Å². The van der Waals surface area contributed by atoms with Crippen molar-refractivity contribution in [2.75, 3.05) is 13.2 Å². The average molecular weight is 273 g/mol. The van der Waals surface area contributed by atoms with Gasteiger partial charge in [-0.15, -0.1) is 12.3 Å². The van der Waals surface area contributed by atoms with Crippen LogP contribution in [0.15, 0.2) is 12.3 Å². The molecule has 0 unspecified atom stereocenters. The highest BCUT2D eigenvalue weighted by atomic mass is 28.2. The van der Waals surface area contributed by atoms with Gasteiger partial charge >= 0.3 is 0 Å². The molecule has 0 aliphatic rings. The van der Waals surface area contributed by atoms with Crippen molar-refractivity contribution in [1.82, 2.24) is 0 Å². The molecule has 0 heterocycles. The normalized spacial score (nSPS) is 11.7. The van der Waals surface area contributed by atoms with E-state index in [9.17, 15) is 0 Å². The van der Waals surface area contributed by atoms with Crippen LogP contribution in [0, 0.1) is 0 Å². The van der Waals surface area contributed by atoms with Crippen LogP contribution in [0.5, 0.6) is 0 Å². The third kappa shape index (κ3) is 12.3. The Bertz CT molecular complexity index is 160. The Morgan fingerprint density at radius 3 is 1.78 bits per heavy atom. The number of ether oxygens (including phenoxy) is 2. The summed E-state index contributed by atoms with van der Waals surface area (Å²) in [5.41, 5.74) is 2.02. The number of hydrogen-bond donors (Lipinski definition) is 0. The first kappa shape index (κ1) is 17.9. The Kier molecular flexibility index (Phi) is 14.8. The Labute approximate surface area is 116 Å². The summed E-state index contributed by atoms with van der Waals surface area (Å²) in [6, 6.07) is 0. The molecule has 0 amide bonds. The summed E-state index contributed by atoms with van der Waals surface area (Å²) < 4.78 is 11.6. The summed E-state index contributed by atoms with van der Waals surface area (Å²) in [6.45, 7) is 9.97. The second-order valence-electron chi connectivity index (χ2n) is 4.82. The lowest BCUT2D eigenvalue weighted by molar-refractivity contribution is -0.0916. The highest BCUT2D eigenvalue weighted by Gasteiger charge is 2.07. The van der Waals surface area contributed by atoms with Gasteiger partial charge in [0, 0.05) is 13.2 Å². The Morgan fingerprint density at radius 1 is 0.889 bits per heavy atom. The number of hydrogen-bond acceptors (Lipinski definition) is 2. The highest BCUT2D eigenvalue weighted by Crippen LogP contribution is 2.04. The van der Waals surface area contributed by atoms with Crippen molar-refractivity contribution < 1.29 is 9.47 Å². The van der Waals surface area contributed by atoms with Gasteiger partial charge in [-0.1, -0.05) is 52.4 Å². The first-order valence-corrected chi connectivity index (χ1v) is 9.32. The smallest absolute Gasteiger partial charge is 0.139 e. The minimum absolute atomic E-state index is 0.0609. The molecule has 0 aliphatic carbocycles. The zero-order valence-electron chi connectivity index (χ0n) is 12.5. The van der Waals surface area contributed by atoms with E-state index in [4.69, 9.17) is 9.47 Å². The van der Waals surface area contributed by atoms with Crippen molar-refractivity contribution in [3.8, 4) is 0 Å². The van der Waals surface area contributed by atoms with Gasteiger partial charge in [0.25, 0.3) is 0 Å². The molecule has 0 N–H and O–H groups in total. The first-order valence-electron chi connectivity index (χ1n) is 7.69. The fourth-order valence-corrected chi connectivity index (χ4v) is 2.69. The molecule has 18 heavy (non-hydrogen) atoms. The molecular weight excluding hydrogens is 240 g/mol. The first-order chi connectivity index (χ1) is 8.85. The van der Waals surface area contributed by atoms with Crippen LogP contribution >= 0.6 is 0 Å². The number of rotatable bonds is 14. The standard InChI is InChI=1S/C15H32O2Si/c1-4-7-9-11-13-16-15(18-6-3)17-14-12-10-8-5-2/h6,15H,3-5,7-14,18H2,1-2H3. The van der Waals surface area contributed by atoms with E-state index in [1.54, 1.807) is 0 Å². The molecule has 0 saturated carbocycles. The van der Waals surface area contributed by atoms with Crippen molar-refractivity contribution in [3.05, 3.63) is 12.3 Å². The van der Waals surface area contributed by atoms with Gasteiger partial charge in [-0.25, -0.2) is 0 Å². The van der Waals surface area contributed by atoms with Crippen LogP contribution in [-0.2, 0) is 9.47 Å². The lowest BCUT2D eigenvalue weighted by Crippen LogP contribution is -2.24. The van der Waals surface area contributed by atoms with Crippen LogP contribution in [-0.4, -0.2) is 28.6 Å². The molecule has 2 nitrogen and oxygen atoms in total. The molecule has 0 fully saturated rings. The predicted molar refractivity (Wildman–Crippen MR) is 82.7 cm³/mol. The van der Waals surface area contributed by atoms with Crippen molar-refractivity contribution >= 4 is 9.52 Å². The van der Waals surface area contributed by atoms with Gasteiger partial charge in [0.05, 0.1) is 0 Å². The molecule has 0 aromatic carbocycles. The fraction of sp³-hybridized carbons (Fsp3) is 0.867. The lowest BCUT2D eigenvalue weighted by atomic mass is 10.2. The molecule has 0 aromatic heterocycles. The summed E-state index contributed by atoms with van der Waals surface area (Å²) in [5.74, 6) is 0.0609. The van der Waals surface area contributed by atoms with Gasteiger partial charge < -0.3 is 9.47 Å². The Morgan fingerprint density at radius 2 is 1.39 bits per heavy atom. The molecule has 0 aromatic rings. The van der Waals surface area contributed by atoms with Crippen molar-refractivity contribution in [2.45, 2.75) is 71.1 Å². The average Bonchev–Trinajstić information content (AvgIpc) is 2.38. The Hall–Kier alpha value is -0.123. The third-order valence-corrected chi connectivity index (χ3v) is 4.15. The van der Waals surface area contributed by atoms with Gasteiger partial charge in [-0.2, -0.15) is 0 Å². The van der Waals surface area contributed by atoms with E-state index < -0.39 is 9.52 Å². The molecule has 0 rings (SSSR count). The highest BCUT2D eigenvalue weighted by molar-refractivity contribution is 6.42. The second kappa shape index (κ2) is 14.9. The van der Waals surface area contributed by atoms with E-state index in [-0.39, 0.29) is 5.91 Å². The third-order valence-electron chi connectivity index (χ3n) is 2.96. The molecule has 0 aliphatic heterocycles. The molecular formula is C15H32O2Si. The van der Waals surface area contributed by atoms with Crippen molar-refractivity contribution in [3.63, 3.8) is 0 Å². The van der Waals surface area contributed by atoms with Gasteiger partial charge in [0.1, 0.15) is 15.4 Å².